The van der Waals surface area contributed by atoms with Gasteiger partial charge in [-0.15, -0.1) is 0 Å². The average Bonchev–Trinajstić information content (AvgIpc) is 3.40. The van der Waals surface area contributed by atoms with Crippen molar-refractivity contribution in [1.82, 2.24) is 5.32 Å². The fourth-order valence-electron chi connectivity index (χ4n) is 5.14. The van der Waals surface area contributed by atoms with E-state index in [0.29, 0.717) is 12.0 Å². The number of ether oxygens (including phenoxy) is 4. The average molecular weight is 490 g/mol. The number of carbonyl (C=O) groups is 2. The highest BCUT2D eigenvalue weighted by Gasteiger charge is 2.55. The fourth-order valence-corrected chi connectivity index (χ4v) is 5.14. The molecular weight excluding hydrogens is 446 g/mol. The van der Waals surface area contributed by atoms with Gasteiger partial charge >= 0.3 is 5.97 Å². The molecule has 8 atom stereocenters. The molecular formula is C28H43NO6. The summed E-state index contributed by atoms with van der Waals surface area (Å²) in [6.07, 6.45) is 14.5. The minimum absolute atomic E-state index is 0.0420. The Morgan fingerprint density at radius 1 is 1.20 bits per heavy atom. The maximum atomic E-state index is 12.3. The number of carbonyl (C=O) groups excluding carboxylic acids is 2. The number of epoxide rings is 1. The predicted octanol–water partition coefficient (Wildman–Crippen LogP) is 4.41. The third kappa shape index (κ3) is 8.29. The number of rotatable bonds is 9. The van der Waals surface area contributed by atoms with E-state index in [2.05, 4.69) is 44.3 Å². The molecule has 35 heavy (non-hydrogen) atoms. The third-order valence-corrected chi connectivity index (χ3v) is 7.40. The smallest absolute Gasteiger partial charge is 0.303 e. The molecule has 0 saturated carbocycles. The minimum Gasteiger partial charge on any atom is -0.459 e. The van der Waals surface area contributed by atoms with Gasteiger partial charge in [0, 0.05) is 25.8 Å². The zero-order chi connectivity index (χ0) is 25.6. The molecule has 3 saturated heterocycles. The van der Waals surface area contributed by atoms with E-state index in [1.54, 1.807) is 13.0 Å². The first-order valence-electron chi connectivity index (χ1n) is 13.0. The molecule has 0 radical (unpaired) electrons. The molecule has 1 amide bonds. The standard InChI is InChI=1S/C28H43NO6/c1-18(10-12-24-17-28(14-15-32-24)22(5)35-28)8-7-9-26-19(2)16-25(21(4)34-26)29-27(31)13-11-20(3)33-23(6)30/h8,10-13,19-22,24-26H,7,9,14-17H2,1-6H3,(H,29,31)/b12-10+,13-11-,18-8+/t19-,20-,21+,22?,24+,25+,26-,28-/m0/s1. The van der Waals surface area contributed by atoms with Crippen LogP contribution in [0.25, 0.3) is 0 Å². The zero-order valence-electron chi connectivity index (χ0n) is 22.1. The molecule has 0 bridgehead atoms. The van der Waals surface area contributed by atoms with Gasteiger partial charge in [0.25, 0.3) is 0 Å². The molecule has 1 N–H and O–H groups in total. The number of nitrogens with one attached hydrogen (secondary N) is 1. The Morgan fingerprint density at radius 2 is 1.94 bits per heavy atom. The Kier molecular flexibility index (Phi) is 9.73. The molecule has 7 nitrogen and oxygen atoms in total. The van der Waals surface area contributed by atoms with Crippen LogP contribution in [-0.4, -0.2) is 60.6 Å². The van der Waals surface area contributed by atoms with E-state index in [9.17, 15) is 9.59 Å². The topological polar surface area (TPSA) is 86.4 Å². The monoisotopic (exact) mass is 489 g/mol. The van der Waals surface area contributed by atoms with Gasteiger partial charge in [0.1, 0.15) is 6.10 Å². The predicted molar refractivity (Wildman–Crippen MR) is 135 cm³/mol. The molecule has 3 rings (SSSR count). The highest BCUT2D eigenvalue weighted by atomic mass is 16.6. The molecule has 3 aliphatic rings. The highest BCUT2D eigenvalue weighted by molar-refractivity contribution is 5.87. The van der Waals surface area contributed by atoms with Crippen molar-refractivity contribution in [3.05, 3.63) is 36.0 Å². The number of allylic oxidation sites excluding steroid dienone is 3. The van der Waals surface area contributed by atoms with E-state index < -0.39 is 6.10 Å². The molecule has 1 unspecified atom stereocenters. The molecule has 7 heteroatoms. The van der Waals surface area contributed by atoms with Crippen LogP contribution in [0, 0.1) is 5.92 Å². The number of amides is 1. The van der Waals surface area contributed by atoms with Gasteiger partial charge < -0.3 is 24.3 Å². The second-order valence-corrected chi connectivity index (χ2v) is 10.5. The summed E-state index contributed by atoms with van der Waals surface area (Å²) in [5, 5.41) is 3.03. The van der Waals surface area contributed by atoms with Crippen molar-refractivity contribution in [1.29, 1.82) is 0 Å². The minimum atomic E-state index is -0.435. The summed E-state index contributed by atoms with van der Waals surface area (Å²) in [4.78, 5) is 23.3. The van der Waals surface area contributed by atoms with Crippen molar-refractivity contribution >= 4 is 11.9 Å². The van der Waals surface area contributed by atoms with E-state index >= 15 is 0 Å². The first-order chi connectivity index (χ1) is 16.6. The summed E-state index contributed by atoms with van der Waals surface area (Å²) in [5.74, 6) is -0.222. The summed E-state index contributed by atoms with van der Waals surface area (Å²) in [7, 11) is 0. The quantitative estimate of drug-likeness (QED) is 0.223. The molecule has 0 aromatic heterocycles. The number of hydrogen-bond donors (Lipinski definition) is 1. The van der Waals surface area contributed by atoms with Crippen LogP contribution in [0.4, 0.5) is 0 Å². The van der Waals surface area contributed by atoms with Crippen LogP contribution >= 0.6 is 0 Å². The van der Waals surface area contributed by atoms with E-state index in [1.807, 2.05) is 6.92 Å². The Labute approximate surface area is 210 Å². The molecule has 3 heterocycles. The Morgan fingerprint density at radius 3 is 2.63 bits per heavy atom. The van der Waals surface area contributed by atoms with Crippen LogP contribution in [0.5, 0.6) is 0 Å². The van der Waals surface area contributed by atoms with Crippen molar-refractivity contribution in [3.63, 3.8) is 0 Å². The van der Waals surface area contributed by atoms with Gasteiger partial charge in [-0.1, -0.05) is 30.7 Å². The van der Waals surface area contributed by atoms with Crippen molar-refractivity contribution in [2.75, 3.05) is 6.61 Å². The summed E-state index contributed by atoms with van der Waals surface area (Å²) >= 11 is 0. The van der Waals surface area contributed by atoms with Gasteiger partial charge in [-0.25, -0.2) is 0 Å². The van der Waals surface area contributed by atoms with E-state index in [0.717, 1.165) is 38.7 Å². The molecule has 3 aliphatic heterocycles. The maximum absolute atomic E-state index is 12.3. The maximum Gasteiger partial charge on any atom is 0.303 e. The number of esters is 1. The van der Waals surface area contributed by atoms with E-state index in [-0.39, 0.29) is 41.8 Å². The molecule has 1 spiro atoms. The van der Waals surface area contributed by atoms with Crippen LogP contribution in [-0.2, 0) is 28.5 Å². The van der Waals surface area contributed by atoms with E-state index in [4.69, 9.17) is 18.9 Å². The van der Waals surface area contributed by atoms with Gasteiger partial charge in [0.05, 0.1) is 42.7 Å². The lowest BCUT2D eigenvalue weighted by atomic mass is 9.87. The first kappa shape index (κ1) is 27.6. The summed E-state index contributed by atoms with van der Waals surface area (Å²) in [6, 6.07) is -0.0420. The van der Waals surface area contributed by atoms with Gasteiger partial charge in [-0.2, -0.15) is 0 Å². The fraction of sp³-hybridized carbons (Fsp3) is 0.714. The van der Waals surface area contributed by atoms with Crippen molar-refractivity contribution in [2.45, 2.75) is 116 Å². The summed E-state index contributed by atoms with van der Waals surface area (Å²) in [6.45, 7) is 12.3. The lowest BCUT2D eigenvalue weighted by Crippen LogP contribution is -2.50. The van der Waals surface area contributed by atoms with Crippen LogP contribution in [0.3, 0.4) is 0 Å². The largest absolute Gasteiger partial charge is 0.459 e. The zero-order valence-corrected chi connectivity index (χ0v) is 22.1. The van der Waals surface area contributed by atoms with Gasteiger partial charge in [-0.05, 0) is 59.0 Å². The second-order valence-electron chi connectivity index (χ2n) is 10.5. The molecule has 0 aliphatic carbocycles. The highest BCUT2D eigenvalue weighted by Crippen LogP contribution is 2.46. The Balaban J connectivity index is 1.39. The van der Waals surface area contributed by atoms with Gasteiger partial charge in [0.2, 0.25) is 5.91 Å². The lowest BCUT2D eigenvalue weighted by molar-refractivity contribution is -0.143. The SMILES string of the molecule is CC(=O)O[C@@H](C)/C=C\C(=O)N[C@@H]1C[C@H](C)[C@H](CC/C=C(C)/C=C/[C@@H]2C[C@]3(CCO2)OC3C)O[C@@H]1C. The van der Waals surface area contributed by atoms with Crippen LogP contribution in [0.15, 0.2) is 36.0 Å². The summed E-state index contributed by atoms with van der Waals surface area (Å²) in [5.41, 5.74) is 1.29. The molecule has 0 aromatic carbocycles. The molecule has 3 fully saturated rings. The third-order valence-electron chi connectivity index (χ3n) is 7.40. The Bertz CT molecular complexity index is 835. The normalized spacial score (nSPS) is 36.5. The van der Waals surface area contributed by atoms with Crippen LogP contribution in [0.2, 0.25) is 0 Å². The lowest BCUT2D eigenvalue weighted by Gasteiger charge is -2.39. The summed E-state index contributed by atoms with van der Waals surface area (Å²) < 4.78 is 23.0. The number of hydrogen-bond acceptors (Lipinski definition) is 6. The van der Waals surface area contributed by atoms with Gasteiger partial charge in [0.15, 0.2) is 0 Å². The Hall–Kier alpha value is -1.96. The second kappa shape index (κ2) is 12.3. The molecule has 196 valence electrons. The van der Waals surface area contributed by atoms with Crippen LogP contribution < -0.4 is 5.32 Å². The van der Waals surface area contributed by atoms with Crippen molar-refractivity contribution in [2.24, 2.45) is 5.92 Å². The van der Waals surface area contributed by atoms with Crippen molar-refractivity contribution < 1.29 is 28.5 Å². The molecule has 0 aromatic rings. The van der Waals surface area contributed by atoms with Crippen LogP contribution in [0.1, 0.15) is 73.6 Å². The first-order valence-corrected chi connectivity index (χ1v) is 13.0. The van der Waals surface area contributed by atoms with E-state index in [1.165, 1.54) is 18.6 Å². The van der Waals surface area contributed by atoms with Gasteiger partial charge in [-0.3, -0.25) is 9.59 Å². The van der Waals surface area contributed by atoms with Crippen molar-refractivity contribution in [3.8, 4) is 0 Å².